The number of Topliss-reactive ketones (excluding diaryl/α,β-unsaturated/α-hetero) is 1. The molecule has 1 aliphatic heterocycles. The Morgan fingerprint density at radius 2 is 2.16 bits per heavy atom. The van der Waals surface area contributed by atoms with Crippen molar-refractivity contribution in [3.8, 4) is 11.5 Å². The molecule has 0 spiro atoms. The molecular weight excluding hydrogens is 266 g/mol. The average molecular weight is 277 g/mol. The molecule has 1 aromatic carbocycles. The summed E-state index contributed by atoms with van der Waals surface area (Å²) < 4.78 is 11.9. The van der Waals surface area contributed by atoms with Gasteiger partial charge in [-0.1, -0.05) is 11.3 Å². The number of ether oxygens (including phenoxy) is 2. The normalized spacial score (nSPS) is 12.7. The molecule has 2 aromatic rings. The lowest BCUT2D eigenvalue weighted by Crippen LogP contribution is -2.20. The van der Waals surface area contributed by atoms with Crippen LogP contribution < -0.4 is 14.3 Å². The number of fused-ring (bicyclic) bond motifs is 1. The molecule has 0 unspecified atom stereocenters. The maximum absolute atomic E-state index is 12.2. The Labute approximate surface area is 113 Å². The standard InChI is InChI=1S/C13H11NO4S/c1-8-6-19-13(16)14(8)5-10(15)9-2-3-11-12(4-9)18-7-17-11/h2-4,6H,5,7H2,1H3. The van der Waals surface area contributed by atoms with Crippen LogP contribution in [0.1, 0.15) is 16.1 Å². The van der Waals surface area contributed by atoms with Crippen molar-refractivity contribution in [1.82, 2.24) is 4.57 Å². The van der Waals surface area contributed by atoms with E-state index >= 15 is 0 Å². The van der Waals surface area contributed by atoms with Crippen LogP contribution in [0.4, 0.5) is 0 Å². The van der Waals surface area contributed by atoms with Gasteiger partial charge in [-0.15, -0.1) is 0 Å². The summed E-state index contributed by atoms with van der Waals surface area (Å²) in [6, 6.07) is 5.04. The molecule has 98 valence electrons. The van der Waals surface area contributed by atoms with Crippen LogP contribution in [0.15, 0.2) is 28.4 Å². The van der Waals surface area contributed by atoms with Crippen LogP contribution in [-0.4, -0.2) is 17.1 Å². The van der Waals surface area contributed by atoms with Gasteiger partial charge >= 0.3 is 4.87 Å². The number of nitrogens with zero attached hydrogens (tertiary/aromatic N) is 1. The zero-order valence-electron chi connectivity index (χ0n) is 10.2. The predicted molar refractivity (Wildman–Crippen MR) is 70.2 cm³/mol. The number of hydrogen-bond donors (Lipinski definition) is 0. The van der Waals surface area contributed by atoms with E-state index in [0.29, 0.717) is 17.1 Å². The van der Waals surface area contributed by atoms with Gasteiger partial charge in [0.15, 0.2) is 17.3 Å². The summed E-state index contributed by atoms with van der Waals surface area (Å²) in [6.45, 7) is 2.04. The third-order valence-corrected chi connectivity index (χ3v) is 3.85. The lowest BCUT2D eigenvalue weighted by molar-refractivity contribution is 0.0970. The maximum atomic E-state index is 12.2. The minimum Gasteiger partial charge on any atom is -0.454 e. The van der Waals surface area contributed by atoms with E-state index in [1.165, 1.54) is 4.57 Å². The molecule has 0 N–H and O–H groups in total. The van der Waals surface area contributed by atoms with Gasteiger partial charge in [-0.2, -0.15) is 0 Å². The van der Waals surface area contributed by atoms with Crippen molar-refractivity contribution in [3.63, 3.8) is 0 Å². The van der Waals surface area contributed by atoms with Gasteiger partial charge < -0.3 is 9.47 Å². The molecule has 0 saturated heterocycles. The van der Waals surface area contributed by atoms with Crippen LogP contribution in [0.3, 0.4) is 0 Å². The Kier molecular flexibility index (Phi) is 2.87. The van der Waals surface area contributed by atoms with Crippen molar-refractivity contribution in [2.45, 2.75) is 13.5 Å². The smallest absolute Gasteiger partial charge is 0.307 e. The second kappa shape index (κ2) is 4.55. The molecule has 1 aromatic heterocycles. The molecule has 0 atom stereocenters. The fourth-order valence-electron chi connectivity index (χ4n) is 1.90. The molecular formula is C13H11NO4S. The van der Waals surface area contributed by atoms with Gasteiger partial charge in [0, 0.05) is 16.6 Å². The number of rotatable bonds is 3. The van der Waals surface area contributed by atoms with Crippen LogP contribution in [0.2, 0.25) is 0 Å². The first-order chi connectivity index (χ1) is 9.15. The van der Waals surface area contributed by atoms with E-state index in [-0.39, 0.29) is 24.0 Å². The number of aromatic nitrogens is 1. The van der Waals surface area contributed by atoms with Crippen molar-refractivity contribution in [1.29, 1.82) is 0 Å². The summed E-state index contributed by atoms with van der Waals surface area (Å²) in [5.41, 5.74) is 1.31. The summed E-state index contributed by atoms with van der Waals surface area (Å²) in [7, 11) is 0. The summed E-state index contributed by atoms with van der Waals surface area (Å²) in [5.74, 6) is 1.09. The molecule has 6 heteroatoms. The van der Waals surface area contributed by atoms with E-state index in [0.717, 1.165) is 17.0 Å². The van der Waals surface area contributed by atoms with E-state index in [2.05, 4.69) is 0 Å². The highest BCUT2D eigenvalue weighted by Crippen LogP contribution is 2.32. The van der Waals surface area contributed by atoms with Crippen molar-refractivity contribution in [2.24, 2.45) is 0 Å². The molecule has 5 nitrogen and oxygen atoms in total. The monoisotopic (exact) mass is 277 g/mol. The summed E-state index contributed by atoms with van der Waals surface area (Å²) >= 11 is 1.10. The second-order valence-corrected chi connectivity index (χ2v) is 5.04. The summed E-state index contributed by atoms with van der Waals surface area (Å²) in [5, 5.41) is 1.75. The van der Waals surface area contributed by atoms with E-state index in [9.17, 15) is 9.59 Å². The van der Waals surface area contributed by atoms with E-state index in [4.69, 9.17) is 9.47 Å². The largest absolute Gasteiger partial charge is 0.454 e. The number of ketones is 1. The Morgan fingerprint density at radius 1 is 1.37 bits per heavy atom. The Bertz CT molecular complexity index is 701. The average Bonchev–Trinajstić information content (AvgIpc) is 2.99. The quantitative estimate of drug-likeness (QED) is 0.803. The number of carbonyl (C=O) groups is 1. The van der Waals surface area contributed by atoms with Gasteiger partial charge in [0.25, 0.3) is 0 Å². The Balaban J connectivity index is 1.87. The number of thiazole rings is 1. The highest BCUT2D eigenvalue weighted by molar-refractivity contribution is 7.07. The minimum atomic E-state index is -0.123. The molecule has 0 fully saturated rings. The zero-order chi connectivity index (χ0) is 13.4. The van der Waals surface area contributed by atoms with Crippen molar-refractivity contribution in [2.75, 3.05) is 6.79 Å². The third kappa shape index (κ3) is 2.15. The van der Waals surface area contributed by atoms with Crippen LogP contribution in [0.5, 0.6) is 11.5 Å². The fourth-order valence-corrected chi connectivity index (χ4v) is 2.64. The molecule has 2 heterocycles. The number of hydrogen-bond acceptors (Lipinski definition) is 5. The molecule has 0 radical (unpaired) electrons. The predicted octanol–water partition coefficient (Wildman–Crippen LogP) is 1.83. The Hall–Kier alpha value is -2.08. The SMILES string of the molecule is Cc1csc(=O)n1CC(=O)c1ccc2c(c1)OCO2. The number of carbonyl (C=O) groups excluding carboxylic acids is 1. The first kappa shape index (κ1) is 12.0. The third-order valence-electron chi connectivity index (χ3n) is 2.97. The first-order valence-corrected chi connectivity index (χ1v) is 6.61. The van der Waals surface area contributed by atoms with Gasteiger partial charge in [-0.3, -0.25) is 14.2 Å². The van der Waals surface area contributed by atoms with Crippen LogP contribution in [-0.2, 0) is 6.54 Å². The first-order valence-electron chi connectivity index (χ1n) is 5.73. The zero-order valence-corrected chi connectivity index (χ0v) is 11.0. The maximum Gasteiger partial charge on any atom is 0.307 e. The lowest BCUT2D eigenvalue weighted by atomic mass is 10.1. The van der Waals surface area contributed by atoms with Gasteiger partial charge in [0.05, 0.1) is 6.54 Å². The lowest BCUT2D eigenvalue weighted by Gasteiger charge is -2.04. The molecule has 0 saturated carbocycles. The van der Waals surface area contributed by atoms with Gasteiger partial charge in [-0.25, -0.2) is 0 Å². The molecule has 19 heavy (non-hydrogen) atoms. The Morgan fingerprint density at radius 3 is 2.89 bits per heavy atom. The topological polar surface area (TPSA) is 57.5 Å². The number of benzene rings is 1. The molecule has 3 rings (SSSR count). The highest BCUT2D eigenvalue weighted by atomic mass is 32.1. The summed E-state index contributed by atoms with van der Waals surface area (Å²) in [6.07, 6.45) is 0. The molecule has 0 amide bonds. The molecule has 1 aliphatic rings. The summed E-state index contributed by atoms with van der Waals surface area (Å²) in [4.78, 5) is 23.6. The van der Waals surface area contributed by atoms with Gasteiger partial charge in [0.1, 0.15) is 0 Å². The molecule has 0 aliphatic carbocycles. The van der Waals surface area contributed by atoms with Crippen LogP contribution in [0.25, 0.3) is 0 Å². The number of aryl methyl sites for hydroxylation is 1. The van der Waals surface area contributed by atoms with Crippen molar-refractivity contribution >= 4 is 17.1 Å². The van der Waals surface area contributed by atoms with Crippen molar-refractivity contribution in [3.05, 3.63) is 44.5 Å². The van der Waals surface area contributed by atoms with Crippen LogP contribution >= 0.6 is 11.3 Å². The molecule has 0 bridgehead atoms. The second-order valence-electron chi connectivity index (χ2n) is 4.22. The minimum absolute atomic E-state index is 0.0494. The highest BCUT2D eigenvalue weighted by Gasteiger charge is 2.17. The van der Waals surface area contributed by atoms with E-state index in [1.54, 1.807) is 23.6 Å². The van der Waals surface area contributed by atoms with Crippen molar-refractivity contribution < 1.29 is 14.3 Å². The van der Waals surface area contributed by atoms with Gasteiger partial charge in [0.2, 0.25) is 6.79 Å². The fraction of sp³-hybridized carbons (Fsp3) is 0.231. The van der Waals surface area contributed by atoms with Crippen LogP contribution in [0, 0.1) is 6.92 Å². The van der Waals surface area contributed by atoms with E-state index < -0.39 is 0 Å². The van der Waals surface area contributed by atoms with E-state index in [1.807, 2.05) is 6.92 Å². The van der Waals surface area contributed by atoms with Gasteiger partial charge in [-0.05, 0) is 25.1 Å².